The molecule has 0 aliphatic heterocycles. The van der Waals surface area contributed by atoms with E-state index in [9.17, 15) is 48.7 Å². The van der Waals surface area contributed by atoms with Crippen LogP contribution in [0.4, 0.5) is 40.6 Å². The maximum atomic E-state index is 15.2. The summed E-state index contributed by atoms with van der Waals surface area (Å²) in [6, 6.07) is 18.4. The molecule has 28 heteroatoms. The summed E-state index contributed by atoms with van der Waals surface area (Å²) in [7, 11) is -16.9. The predicted molar refractivity (Wildman–Crippen MR) is 266 cm³/mol. The molecule has 1 atom stereocenters. The summed E-state index contributed by atoms with van der Waals surface area (Å²) in [5.41, 5.74) is 9.75. The first-order valence-corrected chi connectivity index (χ1v) is 28.9. The second-order valence-electron chi connectivity index (χ2n) is 15.7. The van der Waals surface area contributed by atoms with Crippen LogP contribution in [0.1, 0.15) is 59.3 Å². The van der Waals surface area contributed by atoms with Crippen molar-refractivity contribution in [2.75, 3.05) is 59.5 Å². The second-order valence-corrected chi connectivity index (χ2v) is 24.7. The zero-order valence-corrected chi connectivity index (χ0v) is 43.0. The van der Waals surface area contributed by atoms with Gasteiger partial charge in [-0.3, -0.25) is 18.7 Å². The van der Waals surface area contributed by atoms with Crippen LogP contribution in [0.25, 0.3) is 22.5 Å². The number of alkyl halides is 3. The lowest BCUT2D eigenvalue weighted by molar-refractivity contribution is -0.137. The van der Waals surface area contributed by atoms with Gasteiger partial charge >= 0.3 is 21.4 Å². The van der Waals surface area contributed by atoms with Gasteiger partial charge in [0, 0.05) is 16.8 Å². The molecule has 74 heavy (non-hydrogen) atoms. The molecule has 6 rings (SSSR count). The van der Waals surface area contributed by atoms with Crippen molar-refractivity contribution in [2.24, 2.45) is 0 Å². The average Bonchev–Trinajstić information content (AvgIpc) is 3.33. The number of hydrogen-bond donors (Lipinski definition) is 4. The first-order valence-electron chi connectivity index (χ1n) is 22.1. The first-order chi connectivity index (χ1) is 34.9. The fraction of sp³-hybridized carbons (Fsp3) is 0.261. The average molecular weight is 1110 g/mol. The summed E-state index contributed by atoms with van der Waals surface area (Å²) in [5, 5.41) is 4.82. The number of carbonyl (C=O) groups excluding carboxylic acids is 2. The van der Waals surface area contributed by atoms with Gasteiger partial charge in [0.2, 0.25) is 0 Å². The summed E-state index contributed by atoms with van der Waals surface area (Å²) in [4.78, 5) is 42.0. The number of rotatable bonds is 23. The SMILES string of the molecule is CCOP(=O)(CS(=O)(=O)c1ccc(NC(=O)c2nc(-c3ccc(CCCOP(=O)(CS(=O)(=O)c4ccc(NC(=O)c5nc(-c6ccc(C(F)(F)F)cc6)cnc5N)cc4)OCC)cc3)cnc2N)c(F)c1)OCC. The number of nitrogens with zero attached hydrogens (tertiary/aromatic N) is 4. The number of carbonyl (C=O) groups is 2. The Morgan fingerprint density at radius 2 is 1.09 bits per heavy atom. The summed E-state index contributed by atoms with van der Waals surface area (Å²) < 4.78 is 155. The van der Waals surface area contributed by atoms with E-state index in [-0.39, 0.29) is 83.4 Å². The minimum atomic E-state index is -4.55. The summed E-state index contributed by atoms with van der Waals surface area (Å²) in [6.07, 6.45) is -1.38. The van der Waals surface area contributed by atoms with Gasteiger partial charge in [0.25, 0.3) is 11.8 Å². The van der Waals surface area contributed by atoms with Gasteiger partial charge < -0.3 is 40.2 Å². The normalized spacial score (nSPS) is 13.0. The molecule has 2 amide bonds. The standard InChI is InChI=1S/C46H48F4N8O12P2S2/c1-4-67-71(61,68-5-2)27-74(65,66)35-21-22-37(36(47)24-35)58-45(60)41-43(52)54-25-38(57-41)30-11-9-29(10-12-30)8-7-23-70-72(62,69-6-3)28-73(63,64)34-19-17-33(18-20-34)55-44(59)40-42(51)53-26-39(56-40)31-13-15-32(16-14-31)46(48,49)50/h9-22,24-26H,4-8,23,27-28H2,1-3H3,(H2,51,53)(H2,52,54)(H,55,59)(H,58,60). The number of amides is 2. The Morgan fingerprint density at radius 1 is 0.635 bits per heavy atom. The van der Waals surface area contributed by atoms with E-state index in [0.29, 0.717) is 18.1 Å². The smallest absolute Gasteiger partial charge is 0.382 e. The number of hydrogen-bond acceptors (Lipinski definition) is 18. The van der Waals surface area contributed by atoms with Gasteiger partial charge in [-0.25, -0.2) is 41.2 Å². The van der Waals surface area contributed by atoms with Crippen molar-refractivity contribution in [2.45, 2.75) is 49.6 Å². The second kappa shape index (κ2) is 23.8. The molecule has 2 heterocycles. The third-order valence-corrected chi connectivity index (χ3v) is 20.1. The lowest BCUT2D eigenvalue weighted by Gasteiger charge is -2.18. The number of halogens is 4. The highest BCUT2D eigenvalue weighted by Gasteiger charge is 2.35. The molecule has 2 aromatic heterocycles. The van der Waals surface area contributed by atoms with Crippen molar-refractivity contribution in [1.82, 2.24) is 19.9 Å². The van der Waals surface area contributed by atoms with Crippen molar-refractivity contribution < 1.29 is 71.2 Å². The van der Waals surface area contributed by atoms with Crippen LogP contribution in [0.15, 0.2) is 113 Å². The number of benzene rings is 4. The number of nitrogens with one attached hydrogen (secondary N) is 2. The molecule has 0 bridgehead atoms. The molecular weight excluding hydrogens is 1060 g/mol. The number of sulfone groups is 2. The van der Waals surface area contributed by atoms with Gasteiger partial charge in [0.1, 0.15) is 5.82 Å². The zero-order valence-electron chi connectivity index (χ0n) is 39.5. The minimum absolute atomic E-state index is 0.0703. The Balaban J connectivity index is 1.02. The highest BCUT2D eigenvalue weighted by atomic mass is 32.2. The Morgan fingerprint density at radius 3 is 1.58 bits per heavy atom. The molecule has 0 aliphatic rings. The molecule has 4 aromatic carbocycles. The van der Waals surface area contributed by atoms with E-state index in [2.05, 4.69) is 30.6 Å². The Bertz CT molecular complexity index is 3330. The van der Waals surface area contributed by atoms with Gasteiger partial charge in [-0.2, -0.15) is 13.2 Å². The van der Waals surface area contributed by atoms with Gasteiger partial charge in [-0.05, 0) is 93.8 Å². The van der Waals surface area contributed by atoms with E-state index in [1.54, 1.807) is 24.3 Å². The molecule has 0 saturated heterocycles. The third kappa shape index (κ3) is 14.6. The summed E-state index contributed by atoms with van der Waals surface area (Å²) >= 11 is 0. The highest BCUT2D eigenvalue weighted by Crippen LogP contribution is 2.51. The minimum Gasteiger partial charge on any atom is -0.382 e. The van der Waals surface area contributed by atoms with Crippen molar-refractivity contribution >= 4 is 69.7 Å². The molecule has 0 saturated carbocycles. The van der Waals surface area contributed by atoms with Gasteiger partial charge in [-0.1, -0.05) is 36.4 Å². The van der Waals surface area contributed by atoms with Gasteiger partial charge in [-0.15, -0.1) is 0 Å². The van der Waals surface area contributed by atoms with E-state index in [4.69, 9.17) is 29.6 Å². The van der Waals surface area contributed by atoms with Gasteiger partial charge in [0.05, 0.1) is 71.3 Å². The monoisotopic (exact) mass is 1110 g/mol. The van der Waals surface area contributed by atoms with E-state index in [1.807, 2.05) is 0 Å². The fourth-order valence-electron chi connectivity index (χ4n) is 6.85. The molecule has 394 valence electrons. The summed E-state index contributed by atoms with van der Waals surface area (Å²) in [6.45, 7) is 4.09. The number of nitrogen functional groups attached to an aromatic ring is 2. The van der Waals surface area contributed by atoms with E-state index in [1.165, 1.54) is 69.6 Å². The van der Waals surface area contributed by atoms with Crippen LogP contribution < -0.4 is 22.1 Å². The van der Waals surface area contributed by atoms with Crippen LogP contribution in [0.5, 0.6) is 0 Å². The Kier molecular flexibility index (Phi) is 18.3. The van der Waals surface area contributed by atoms with Crippen LogP contribution in [-0.4, -0.2) is 86.0 Å². The van der Waals surface area contributed by atoms with Crippen molar-refractivity contribution in [1.29, 1.82) is 0 Å². The van der Waals surface area contributed by atoms with Gasteiger partial charge in [0.15, 0.2) is 53.7 Å². The maximum absolute atomic E-state index is 15.2. The molecule has 6 N–H and O–H groups in total. The van der Waals surface area contributed by atoms with Crippen LogP contribution in [0, 0.1) is 5.82 Å². The number of nitrogens with two attached hydrogens (primary N) is 2. The quantitative estimate of drug-likeness (QED) is 0.0264. The Labute approximate surface area is 422 Å². The molecule has 0 fully saturated rings. The molecule has 1 unspecified atom stereocenters. The number of aromatic nitrogens is 4. The van der Waals surface area contributed by atoms with E-state index in [0.717, 1.165) is 29.8 Å². The largest absolute Gasteiger partial charge is 0.416 e. The fourth-order valence-corrected chi connectivity index (χ4v) is 15.4. The molecule has 0 aliphatic carbocycles. The maximum Gasteiger partial charge on any atom is 0.416 e. The van der Waals surface area contributed by atoms with E-state index < -0.39 is 85.8 Å². The number of anilines is 4. The van der Waals surface area contributed by atoms with Crippen molar-refractivity contribution in [3.8, 4) is 22.5 Å². The number of aryl methyl sites for hydroxylation is 1. The molecule has 6 aromatic rings. The van der Waals surface area contributed by atoms with Crippen molar-refractivity contribution in [3.05, 3.63) is 132 Å². The van der Waals surface area contributed by atoms with Crippen LogP contribution >= 0.6 is 15.2 Å². The molecular formula is C46H48F4N8O12P2S2. The van der Waals surface area contributed by atoms with Crippen LogP contribution in [-0.2, 0) is 59.5 Å². The van der Waals surface area contributed by atoms with Crippen molar-refractivity contribution in [3.63, 3.8) is 0 Å². The van der Waals surface area contributed by atoms with Crippen LogP contribution in [0.2, 0.25) is 0 Å². The third-order valence-electron chi connectivity index (χ3n) is 10.3. The zero-order chi connectivity index (χ0) is 54.1. The predicted octanol–water partition coefficient (Wildman–Crippen LogP) is 9.04. The summed E-state index contributed by atoms with van der Waals surface area (Å²) in [5.74, 6) is -3.48. The molecule has 20 nitrogen and oxygen atoms in total. The molecule has 0 radical (unpaired) electrons. The topological polar surface area (TPSA) is 301 Å². The van der Waals surface area contributed by atoms with Crippen LogP contribution in [0.3, 0.4) is 0 Å². The molecule has 0 spiro atoms. The lowest BCUT2D eigenvalue weighted by Crippen LogP contribution is -2.18. The van der Waals surface area contributed by atoms with E-state index >= 15 is 4.39 Å². The highest BCUT2D eigenvalue weighted by molar-refractivity contribution is 7.98. The first kappa shape index (κ1) is 56.8. The Hall–Kier alpha value is -6.50. The lowest BCUT2D eigenvalue weighted by atomic mass is 10.1.